The van der Waals surface area contributed by atoms with Crippen LogP contribution in [0.15, 0.2) is 23.2 Å². The average molecular weight is 352 g/mol. The average Bonchev–Trinajstić information content (AvgIpc) is 2.79. The molecule has 22 heavy (non-hydrogen) atoms. The van der Waals surface area contributed by atoms with Crippen molar-refractivity contribution in [2.24, 2.45) is 4.99 Å². The highest BCUT2D eigenvalue weighted by molar-refractivity contribution is 7.91. The van der Waals surface area contributed by atoms with Gasteiger partial charge in [-0.25, -0.2) is 0 Å². The minimum Gasteiger partial charge on any atom is -0.616 e. The van der Waals surface area contributed by atoms with Crippen molar-refractivity contribution < 1.29 is 22.5 Å². The van der Waals surface area contributed by atoms with Crippen molar-refractivity contribution in [1.29, 1.82) is 0 Å². The number of benzene rings is 1. The molecule has 0 saturated carbocycles. The Labute approximate surface area is 132 Å². The van der Waals surface area contributed by atoms with Gasteiger partial charge in [0.15, 0.2) is 4.80 Å². The van der Waals surface area contributed by atoms with E-state index in [9.17, 15) is 17.7 Å². The molecule has 0 aliphatic rings. The number of aryl methyl sites for hydroxylation is 1. The van der Waals surface area contributed by atoms with Gasteiger partial charge in [-0.3, -0.25) is 4.99 Å². The zero-order chi connectivity index (χ0) is 16.3. The maximum Gasteiger partial charge on any atom is 0.573 e. The number of rotatable bonds is 5. The Bertz CT molecular complexity index is 709. The number of ether oxygens (including phenoxy) is 1. The van der Waals surface area contributed by atoms with Gasteiger partial charge in [0.25, 0.3) is 0 Å². The molecule has 2 aromatic rings. The second-order valence-electron chi connectivity index (χ2n) is 4.37. The number of hydrogen-bond acceptors (Lipinski definition) is 4. The third kappa shape index (κ3) is 4.17. The van der Waals surface area contributed by atoms with Gasteiger partial charge >= 0.3 is 6.36 Å². The zero-order valence-corrected chi connectivity index (χ0v) is 13.6. The number of halogens is 3. The van der Waals surface area contributed by atoms with Crippen molar-refractivity contribution in [3.63, 3.8) is 0 Å². The highest BCUT2D eigenvalue weighted by atomic mass is 32.2. The van der Waals surface area contributed by atoms with Crippen LogP contribution in [0.3, 0.4) is 0 Å². The summed E-state index contributed by atoms with van der Waals surface area (Å²) in [5.41, 5.74) is 0.758. The van der Waals surface area contributed by atoms with Crippen LogP contribution in [-0.2, 0) is 17.7 Å². The molecule has 0 spiro atoms. The van der Waals surface area contributed by atoms with Crippen LogP contribution >= 0.6 is 11.3 Å². The summed E-state index contributed by atoms with van der Waals surface area (Å²) in [4.78, 5) is 4.81. The topological polar surface area (TPSA) is 49.6 Å². The lowest BCUT2D eigenvalue weighted by Gasteiger charge is -2.10. The van der Waals surface area contributed by atoms with E-state index in [0.717, 1.165) is 5.52 Å². The van der Waals surface area contributed by atoms with Gasteiger partial charge in [-0.1, -0.05) is 22.5 Å². The highest BCUT2D eigenvalue weighted by Crippen LogP contribution is 2.27. The molecule has 0 saturated heterocycles. The van der Waals surface area contributed by atoms with E-state index in [1.54, 1.807) is 13.1 Å². The van der Waals surface area contributed by atoms with Crippen LogP contribution in [0.25, 0.3) is 10.2 Å². The second kappa shape index (κ2) is 6.93. The quantitative estimate of drug-likeness (QED) is 0.777. The number of thiazole rings is 1. The summed E-state index contributed by atoms with van der Waals surface area (Å²) in [6, 6.07) is 4.18. The number of hydrogen-bond donors (Lipinski definition) is 0. The first-order chi connectivity index (χ1) is 10.3. The Morgan fingerprint density at radius 3 is 2.73 bits per heavy atom. The van der Waals surface area contributed by atoms with E-state index in [1.165, 1.54) is 23.5 Å². The molecule has 1 atom stereocenters. The Balaban J connectivity index is 2.36. The maximum absolute atomic E-state index is 12.3. The van der Waals surface area contributed by atoms with E-state index in [2.05, 4.69) is 9.73 Å². The Morgan fingerprint density at radius 2 is 2.14 bits per heavy atom. The van der Waals surface area contributed by atoms with Crippen molar-refractivity contribution in [2.45, 2.75) is 19.8 Å². The maximum atomic E-state index is 12.3. The Kier molecular flexibility index (Phi) is 5.41. The molecule has 0 aliphatic heterocycles. The molecule has 122 valence electrons. The number of fused-ring (bicyclic) bond motifs is 1. The molecule has 1 aromatic carbocycles. The van der Waals surface area contributed by atoms with E-state index in [1.807, 2.05) is 11.5 Å². The third-order valence-electron chi connectivity index (χ3n) is 2.94. The molecule has 9 heteroatoms. The number of aromatic nitrogens is 1. The molecule has 0 radical (unpaired) electrons. The fourth-order valence-electron chi connectivity index (χ4n) is 1.97. The van der Waals surface area contributed by atoms with Gasteiger partial charge in [0.05, 0.1) is 16.8 Å². The lowest BCUT2D eigenvalue weighted by molar-refractivity contribution is -0.274. The summed E-state index contributed by atoms with van der Waals surface area (Å²) in [5, 5.41) is 0. The monoisotopic (exact) mass is 352 g/mol. The van der Waals surface area contributed by atoms with Gasteiger partial charge in [-0.2, -0.15) is 0 Å². The smallest absolute Gasteiger partial charge is 0.573 e. The van der Waals surface area contributed by atoms with Crippen LogP contribution in [0, 0.1) is 0 Å². The van der Waals surface area contributed by atoms with Gasteiger partial charge in [0.2, 0.25) is 0 Å². The highest BCUT2D eigenvalue weighted by Gasteiger charge is 2.31. The molecule has 0 N–H and O–H groups in total. The molecule has 4 nitrogen and oxygen atoms in total. The molecule has 2 rings (SSSR count). The van der Waals surface area contributed by atoms with Gasteiger partial charge < -0.3 is 13.9 Å². The summed E-state index contributed by atoms with van der Waals surface area (Å²) in [5.74, 6) is 0.800. The summed E-state index contributed by atoms with van der Waals surface area (Å²) >= 11 is 0.359. The lowest BCUT2D eigenvalue weighted by Crippen LogP contribution is -2.21. The predicted molar refractivity (Wildman–Crippen MR) is 81.5 cm³/mol. The van der Waals surface area contributed by atoms with Crippen LogP contribution < -0.4 is 9.54 Å². The SMILES string of the molecule is CC[S+]([O-])CCn1/c(=N\C)sc2cc(OC(F)(F)F)ccc21. The van der Waals surface area contributed by atoms with Gasteiger partial charge in [-0.05, 0) is 25.1 Å². The molecule has 0 amide bonds. The summed E-state index contributed by atoms with van der Waals surface area (Å²) in [7, 11) is 1.62. The fraction of sp³-hybridized carbons (Fsp3) is 0.462. The molecule has 0 bridgehead atoms. The molecular weight excluding hydrogens is 337 g/mol. The largest absolute Gasteiger partial charge is 0.616 e. The van der Waals surface area contributed by atoms with Crippen molar-refractivity contribution in [3.8, 4) is 5.75 Å². The van der Waals surface area contributed by atoms with Crippen molar-refractivity contribution in [1.82, 2.24) is 4.57 Å². The minimum atomic E-state index is -4.71. The molecule has 1 aromatic heterocycles. The first kappa shape index (κ1) is 17.2. The number of nitrogens with zero attached hydrogens (tertiary/aromatic N) is 2. The van der Waals surface area contributed by atoms with E-state index in [0.29, 0.717) is 27.6 Å². The van der Waals surface area contributed by atoms with Crippen LogP contribution in [-0.4, -0.2) is 34.0 Å². The second-order valence-corrected chi connectivity index (χ2v) is 7.24. The molecule has 0 aliphatic carbocycles. The Hall–Kier alpha value is -1.19. The molecule has 1 unspecified atom stereocenters. The lowest BCUT2D eigenvalue weighted by atomic mass is 10.3. The molecule has 0 fully saturated rings. The summed E-state index contributed by atoms with van der Waals surface area (Å²) in [6.07, 6.45) is -4.71. The summed E-state index contributed by atoms with van der Waals surface area (Å²) < 4.78 is 54.8. The van der Waals surface area contributed by atoms with Crippen molar-refractivity contribution in [3.05, 3.63) is 23.0 Å². The predicted octanol–water partition coefficient (Wildman–Crippen LogP) is 2.90. The van der Waals surface area contributed by atoms with E-state index < -0.39 is 17.5 Å². The van der Waals surface area contributed by atoms with Crippen LogP contribution in [0.5, 0.6) is 5.75 Å². The van der Waals surface area contributed by atoms with Gasteiger partial charge in [0.1, 0.15) is 17.3 Å². The molecule has 1 heterocycles. The van der Waals surface area contributed by atoms with Crippen LogP contribution in [0.1, 0.15) is 6.92 Å². The van der Waals surface area contributed by atoms with Crippen molar-refractivity contribution >= 4 is 32.7 Å². The van der Waals surface area contributed by atoms with Crippen LogP contribution in [0.4, 0.5) is 13.2 Å². The van der Waals surface area contributed by atoms with Crippen molar-refractivity contribution in [2.75, 3.05) is 18.6 Å². The minimum absolute atomic E-state index is 0.256. The first-order valence-corrected chi connectivity index (χ1v) is 8.81. The Morgan fingerprint density at radius 1 is 1.41 bits per heavy atom. The van der Waals surface area contributed by atoms with Gasteiger partial charge in [0, 0.05) is 7.05 Å². The van der Waals surface area contributed by atoms with E-state index in [-0.39, 0.29) is 5.75 Å². The molecular formula is C13H15F3N2O2S2. The fourth-order valence-corrected chi connectivity index (χ4v) is 3.69. The van der Waals surface area contributed by atoms with E-state index in [4.69, 9.17) is 0 Å². The summed E-state index contributed by atoms with van der Waals surface area (Å²) in [6.45, 7) is 2.35. The van der Waals surface area contributed by atoms with Crippen LogP contribution in [0.2, 0.25) is 0 Å². The van der Waals surface area contributed by atoms with E-state index >= 15 is 0 Å². The first-order valence-electron chi connectivity index (χ1n) is 6.51. The number of alkyl halides is 3. The third-order valence-corrected chi connectivity index (χ3v) is 5.36. The zero-order valence-electron chi connectivity index (χ0n) is 12.0. The normalized spacial score (nSPS) is 14.5. The standard InChI is InChI=1S/C13H15F3N2O2S2/c1-3-22(19)7-6-18-10-5-4-9(20-13(14,15)16)8-11(10)21-12(18)17-2/h4-5,8H,3,6-7H2,1-2H3/b17-12+. The van der Waals surface area contributed by atoms with Gasteiger partial charge in [-0.15, -0.1) is 13.2 Å².